The number of nitrogens with zero attached hydrogens (tertiary/aromatic N) is 2. The van der Waals surface area contributed by atoms with Crippen molar-refractivity contribution in [2.45, 2.75) is 26.7 Å². The fourth-order valence-electron chi connectivity index (χ4n) is 2.80. The summed E-state index contributed by atoms with van der Waals surface area (Å²) in [5, 5.41) is 3.10. The fraction of sp³-hybridized carbons (Fsp3) is 0.333. The van der Waals surface area contributed by atoms with Gasteiger partial charge < -0.3 is 9.47 Å². The third-order valence-corrected chi connectivity index (χ3v) is 4.08. The van der Waals surface area contributed by atoms with Crippen LogP contribution in [0.15, 0.2) is 29.1 Å². The number of aromatic nitrogens is 3. The molecule has 126 valence electrons. The van der Waals surface area contributed by atoms with Crippen molar-refractivity contribution in [2.24, 2.45) is 0 Å². The molecule has 2 aromatic heterocycles. The number of nitrogens with one attached hydrogen (secondary N) is 1. The lowest BCUT2D eigenvalue weighted by Gasteiger charge is -2.10. The highest BCUT2D eigenvalue weighted by atomic mass is 16.5. The molecule has 0 saturated heterocycles. The molecule has 3 aromatic rings. The number of aromatic amines is 1. The van der Waals surface area contributed by atoms with Gasteiger partial charge in [-0.15, -0.1) is 0 Å². The number of aryl methyl sites for hydroxylation is 1. The molecule has 24 heavy (non-hydrogen) atoms. The second-order valence-electron chi connectivity index (χ2n) is 6.01. The molecule has 0 radical (unpaired) electrons. The first kappa shape index (κ1) is 16.1. The molecule has 0 aliphatic carbocycles. The molecule has 0 spiro atoms. The van der Waals surface area contributed by atoms with E-state index in [0.29, 0.717) is 17.1 Å². The van der Waals surface area contributed by atoms with Gasteiger partial charge in [0, 0.05) is 17.3 Å². The summed E-state index contributed by atoms with van der Waals surface area (Å²) in [4.78, 5) is 17.1. The number of H-pyrrole nitrogens is 1. The molecule has 2 heterocycles. The maximum absolute atomic E-state index is 12.4. The molecular weight excluding hydrogens is 306 g/mol. The Morgan fingerprint density at radius 3 is 2.46 bits per heavy atom. The summed E-state index contributed by atoms with van der Waals surface area (Å²) in [5.41, 5.74) is 3.95. The number of rotatable bonds is 4. The standard InChI is InChI=1S/C18H21N3O3/c1-10(2)13-9-16(22)21-18(19-13)17(11(3)20-21)12-6-7-14(23-4)15(8-12)24-5/h6-10,20H,1-5H3. The quantitative estimate of drug-likeness (QED) is 0.799. The van der Waals surface area contributed by atoms with Crippen molar-refractivity contribution in [1.82, 2.24) is 14.6 Å². The minimum atomic E-state index is -0.112. The highest BCUT2D eigenvalue weighted by molar-refractivity contribution is 5.81. The van der Waals surface area contributed by atoms with Gasteiger partial charge in [0.05, 0.1) is 19.9 Å². The zero-order chi connectivity index (χ0) is 17.4. The van der Waals surface area contributed by atoms with Gasteiger partial charge >= 0.3 is 0 Å². The van der Waals surface area contributed by atoms with E-state index < -0.39 is 0 Å². The largest absolute Gasteiger partial charge is 0.493 e. The number of fused-ring (bicyclic) bond motifs is 1. The van der Waals surface area contributed by atoms with Crippen molar-refractivity contribution >= 4 is 5.65 Å². The number of benzene rings is 1. The van der Waals surface area contributed by atoms with Crippen LogP contribution in [0.4, 0.5) is 0 Å². The number of ether oxygens (including phenoxy) is 2. The van der Waals surface area contributed by atoms with Crippen molar-refractivity contribution in [2.75, 3.05) is 14.2 Å². The van der Waals surface area contributed by atoms with Crippen molar-refractivity contribution in [3.63, 3.8) is 0 Å². The van der Waals surface area contributed by atoms with E-state index in [0.717, 1.165) is 22.5 Å². The summed E-state index contributed by atoms with van der Waals surface area (Å²) in [6.45, 7) is 5.97. The van der Waals surface area contributed by atoms with E-state index in [-0.39, 0.29) is 11.5 Å². The Labute approximate surface area is 140 Å². The predicted octanol–water partition coefficient (Wildman–Crippen LogP) is 3.14. The molecule has 0 saturated carbocycles. The minimum Gasteiger partial charge on any atom is -0.493 e. The topological polar surface area (TPSA) is 68.6 Å². The van der Waals surface area contributed by atoms with E-state index in [4.69, 9.17) is 14.5 Å². The van der Waals surface area contributed by atoms with Gasteiger partial charge in [-0.05, 0) is 30.5 Å². The van der Waals surface area contributed by atoms with Crippen LogP contribution in [0.3, 0.4) is 0 Å². The number of methoxy groups -OCH3 is 2. The molecule has 0 bridgehead atoms. The zero-order valence-electron chi connectivity index (χ0n) is 14.5. The average molecular weight is 327 g/mol. The Hall–Kier alpha value is -2.76. The van der Waals surface area contributed by atoms with Crippen LogP contribution in [0, 0.1) is 6.92 Å². The van der Waals surface area contributed by atoms with Crippen molar-refractivity contribution in [3.05, 3.63) is 46.0 Å². The Bertz CT molecular complexity index is 954. The van der Waals surface area contributed by atoms with Crippen molar-refractivity contribution < 1.29 is 9.47 Å². The molecule has 0 atom stereocenters. The molecule has 3 rings (SSSR count). The first-order valence-electron chi connectivity index (χ1n) is 7.81. The van der Waals surface area contributed by atoms with Gasteiger partial charge in [0.1, 0.15) is 0 Å². The third-order valence-electron chi connectivity index (χ3n) is 4.08. The van der Waals surface area contributed by atoms with Gasteiger partial charge in [0.2, 0.25) is 0 Å². The second kappa shape index (κ2) is 6.03. The van der Waals surface area contributed by atoms with E-state index in [1.165, 1.54) is 4.52 Å². The summed E-state index contributed by atoms with van der Waals surface area (Å²) >= 11 is 0. The molecule has 0 unspecified atom stereocenters. The van der Waals surface area contributed by atoms with Crippen LogP contribution in [0.1, 0.15) is 31.2 Å². The Balaban J connectivity index is 2.30. The van der Waals surface area contributed by atoms with E-state index in [2.05, 4.69) is 5.10 Å². The molecule has 0 aliphatic heterocycles. The van der Waals surface area contributed by atoms with Gasteiger partial charge in [-0.3, -0.25) is 9.89 Å². The highest BCUT2D eigenvalue weighted by Crippen LogP contribution is 2.35. The Morgan fingerprint density at radius 1 is 1.12 bits per heavy atom. The monoisotopic (exact) mass is 327 g/mol. The van der Waals surface area contributed by atoms with Crippen LogP contribution in [0.5, 0.6) is 11.5 Å². The summed E-state index contributed by atoms with van der Waals surface area (Å²) in [5.74, 6) is 1.47. The Morgan fingerprint density at radius 2 is 1.83 bits per heavy atom. The van der Waals surface area contributed by atoms with E-state index in [1.807, 2.05) is 39.0 Å². The molecule has 0 fully saturated rings. The van der Waals surface area contributed by atoms with E-state index >= 15 is 0 Å². The Kier molecular flexibility index (Phi) is 4.05. The zero-order valence-corrected chi connectivity index (χ0v) is 14.5. The summed E-state index contributed by atoms with van der Waals surface area (Å²) in [6, 6.07) is 7.25. The fourth-order valence-corrected chi connectivity index (χ4v) is 2.80. The van der Waals surface area contributed by atoms with Gasteiger partial charge in [0.15, 0.2) is 17.1 Å². The molecule has 6 nitrogen and oxygen atoms in total. The first-order valence-corrected chi connectivity index (χ1v) is 7.81. The van der Waals surface area contributed by atoms with Gasteiger partial charge in [0.25, 0.3) is 5.56 Å². The van der Waals surface area contributed by atoms with Crippen LogP contribution in [0.25, 0.3) is 16.8 Å². The van der Waals surface area contributed by atoms with Crippen LogP contribution in [-0.4, -0.2) is 28.8 Å². The van der Waals surface area contributed by atoms with Gasteiger partial charge in [-0.2, -0.15) is 0 Å². The van der Waals surface area contributed by atoms with Crippen LogP contribution in [-0.2, 0) is 0 Å². The minimum absolute atomic E-state index is 0.112. The summed E-state index contributed by atoms with van der Waals surface area (Å²) in [7, 11) is 3.20. The lowest BCUT2D eigenvalue weighted by atomic mass is 10.0. The van der Waals surface area contributed by atoms with Gasteiger partial charge in [-0.1, -0.05) is 19.9 Å². The SMILES string of the molecule is COc1ccc(-c2c(C)[nH]n3c(=O)cc(C(C)C)nc23)cc1OC. The summed E-state index contributed by atoms with van der Waals surface area (Å²) in [6.07, 6.45) is 0. The van der Waals surface area contributed by atoms with Gasteiger partial charge in [-0.25, -0.2) is 9.50 Å². The van der Waals surface area contributed by atoms with Crippen LogP contribution in [0.2, 0.25) is 0 Å². The molecule has 1 aromatic carbocycles. The van der Waals surface area contributed by atoms with Crippen molar-refractivity contribution in [3.8, 4) is 22.6 Å². The lowest BCUT2D eigenvalue weighted by Crippen LogP contribution is -2.16. The normalized spacial score (nSPS) is 11.2. The molecule has 6 heteroatoms. The summed E-state index contributed by atoms with van der Waals surface area (Å²) < 4.78 is 12.2. The molecule has 0 aliphatic rings. The average Bonchev–Trinajstić information content (AvgIpc) is 2.90. The number of hydrogen-bond acceptors (Lipinski definition) is 4. The first-order chi connectivity index (χ1) is 11.5. The highest BCUT2D eigenvalue weighted by Gasteiger charge is 2.17. The maximum Gasteiger partial charge on any atom is 0.272 e. The third kappa shape index (κ3) is 2.54. The predicted molar refractivity (Wildman–Crippen MR) is 93.2 cm³/mol. The smallest absolute Gasteiger partial charge is 0.272 e. The molecular formula is C18H21N3O3. The van der Waals surface area contributed by atoms with Crippen molar-refractivity contribution in [1.29, 1.82) is 0 Å². The van der Waals surface area contributed by atoms with E-state index in [1.54, 1.807) is 20.3 Å². The van der Waals surface area contributed by atoms with Crippen LogP contribution < -0.4 is 15.0 Å². The van der Waals surface area contributed by atoms with E-state index in [9.17, 15) is 4.79 Å². The molecule has 0 amide bonds. The maximum atomic E-state index is 12.4. The lowest BCUT2D eigenvalue weighted by molar-refractivity contribution is 0.355. The second-order valence-corrected chi connectivity index (χ2v) is 6.01. The van der Waals surface area contributed by atoms with Crippen LogP contribution >= 0.6 is 0 Å². The number of hydrogen-bond donors (Lipinski definition) is 1. The molecule has 1 N–H and O–H groups in total.